The quantitative estimate of drug-likeness (QED) is 0.758. The molecule has 4 nitrogen and oxygen atoms in total. The summed E-state index contributed by atoms with van der Waals surface area (Å²) in [6.07, 6.45) is 3.15. The van der Waals surface area contributed by atoms with Gasteiger partial charge in [-0.1, -0.05) is 13.0 Å². The fourth-order valence-corrected chi connectivity index (χ4v) is 1.37. The van der Waals surface area contributed by atoms with Crippen LogP contribution in [0.3, 0.4) is 0 Å². The van der Waals surface area contributed by atoms with Gasteiger partial charge in [0, 0.05) is 32.3 Å². The Morgan fingerprint density at radius 3 is 2.75 bits per heavy atom. The number of pyridine rings is 1. The number of ether oxygens (including phenoxy) is 1. The molecule has 0 radical (unpaired) electrons. The Morgan fingerprint density at radius 1 is 1.50 bits per heavy atom. The lowest BCUT2D eigenvalue weighted by atomic mass is 10.2. The molecular formula is C12H18N2O2. The van der Waals surface area contributed by atoms with Crippen LogP contribution in [-0.2, 0) is 11.2 Å². The summed E-state index contributed by atoms with van der Waals surface area (Å²) >= 11 is 0. The Labute approximate surface area is 96.2 Å². The summed E-state index contributed by atoms with van der Waals surface area (Å²) in [4.78, 5) is 17.2. The molecular weight excluding hydrogens is 204 g/mol. The summed E-state index contributed by atoms with van der Waals surface area (Å²) in [5.41, 5.74) is 1.11. The van der Waals surface area contributed by atoms with Crippen molar-refractivity contribution in [2.45, 2.75) is 19.8 Å². The van der Waals surface area contributed by atoms with Crippen LogP contribution in [0, 0.1) is 0 Å². The fourth-order valence-electron chi connectivity index (χ4n) is 1.37. The molecule has 1 amide bonds. The predicted molar refractivity (Wildman–Crippen MR) is 62.4 cm³/mol. The standard InChI is InChI=1S/C12H18N2O2/c1-4-12(15)14(2)8-7-10-5-6-11(16-3)13-9-10/h5-6,9H,4,7-8H2,1-3H3. The molecule has 1 aromatic rings. The van der Waals surface area contributed by atoms with Crippen molar-refractivity contribution in [3.8, 4) is 5.88 Å². The van der Waals surface area contributed by atoms with Crippen LogP contribution in [0.5, 0.6) is 5.88 Å². The molecule has 0 fully saturated rings. The third-order valence-electron chi connectivity index (χ3n) is 2.47. The minimum absolute atomic E-state index is 0.168. The van der Waals surface area contributed by atoms with Gasteiger partial charge in [0.1, 0.15) is 0 Å². The first kappa shape index (κ1) is 12.5. The molecule has 0 aliphatic carbocycles. The Morgan fingerprint density at radius 2 is 2.25 bits per heavy atom. The summed E-state index contributed by atoms with van der Waals surface area (Å²) in [6, 6.07) is 3.80. The molecule has 0 atom stereocenters. The molecule has 1 aromatic heterocycles. The molecule has 4 heteroatoms. The fraction of sp³-hybridized carbons (Fsp3) is 0.500. The summed E-state index contributed by atoms with van der Waals surface area (Å²) in [5.74, 6) is 0.781. The first-order valence-corrected chi connectivity index (χ1v) is 5.40. The van der Waals surface area contributed by atoms with E-state index in [1.165, 1.54) is 0 Å². The van der Waals surface area contributed by atoms with Gasteiger partial charge in [-0.15, -0.1) is 0 Å². The lowest BCUT2D eigenvalue weighted by Crippen LogP contribution is -2.27. The highest BCUT2D eigenvalue weighted by Crippen LogP contribution is 2.07. The maximum absolute atomic E-state index is 11.3. The Hall–Kier alpha value is -1.58. The third-order valence-corrected chi connectivity index (χ3v) is 2.47. The zero-order valence-corrected chi connectivity index (χ0v) is 10.1. The highest BCUT2D eigenvalue weighted by molar-refractivity contribution is 5.75. The van der Waals surface area contributed by atoms with Gasteiger partial charge >= 0.3 is 0 Å². The van der Waals surface area contributed by atoms with E-state index in [1.807, 2.05) is 26.1 Å². The van der Waals surface area contributed by atoms with E-state index in [1.54, 1.807) is 18.2 Å². The average Bonchev–Trinajstić information content (AvgIpc) is 2.35. The smallest absolute Gasteiger partial charge is 0.222 e. The van der Waals surface area contributed by atoms with Crippen molar-refractivity contribution in [2.24, 2.45) is 0 Å². The largest absolute Gasteiger partial charge is 0.481 e. The minimum Gasteiger partial charge on any atom is -0.481 e. The van der Waals surface area contributed by atoms with E-state index in [4.69, 9.17) is 4.74 Å². The van der Waals surface area contributed by atoms with Crippen molar-refractivity contribution in [1.82, 2.24) is 9.88 Å². The summed E-state index contributed by atoms with van der Waals surface area (Å²) in [7, 11) is 3.42. The van der Waals surface area contributed by atoms with Gasteiger partial charge in [0.2, 0.25) is 11.8 Å². The Kier molecular flexibility index (Phi) is 4.76. The van der Waals surface area contributed by atoms with Gasteiger partial charge in [0.25, 0.3) is 0 Å². The number of carbonyl (C=O) groups excluding carboxylic acids is 1. The van der Waals surface area contributed by atoms with Crippen LogP contribution in [-0.4, -0.2) is 36.5 Å². The van der Waals surface area contributed by atoms with Crippen molar-refractivity contribution in [2.75, 3.05) is 20.7 Å². The Bertz CT molecular complexity index is 335. The van der Waals surface area contributed by atoms with E-state index in [2.05, 4.69) is 4.98 Å². The second kappa shape index (κ2) is 6.10. The van der Waals surface area contributed by atoms with Crippen LogP contribution in [0.25, 0.3) is 0 Å². The molecule has 0 aliphatic rings. The first-order chi connectivity index (χ1) is 7.67. The molecule has 0 aliphatic heterocycles. The molecule has 0 N–H and O–H groups in total. The summed E-state index contributed by atoms with van der Waals surface area (Å²) in [5, 5.41) is 0. The van der Waals surface area contributed by atoms with Crippen molar-refractivity contribution in [1.29, 1.82) is 0 Å². The number of likely N-dealkylation sites (N-methyl/N-ethyl adjacent to an activating group) is 1. The van der Waals surface area contributed by atoms with Crippen molar-refractivity contribution >= 4 is 5.91 Å². The molecule has 0 unspecified atom stereocenters. The minimum atomic E-state index is 0.168. The topological polar surface area (TPSA) is 42.4 Å². The summed E-state index contributed by atoms with van der Waals surface area (Å²) in [6.45, 7) is 2.59. The molecule has 1 rings (SSSR count). The molecule has 0 spiro atoms. The Balaban J connectivity index is 2.45. The van der Waals surface area contributed by atoms with Crippen LogP contribution in [0.15, 0.2) is 18.3 Å². The van der Waals surface area contributed by atoms with Gasteiger partial charge in [-0.05, 0) is 12.0 Å². The highest BCUT2D eigenvalue weighted by Gasteiger charge is 2.05. The van der Waals surface area contributed by atoms with Crippen LogP contribution in [0.2, 0.25) is 0 Å². The molecule has 1 heterocycles. The lowest BCUT2D eigenvalue weighted by Gasteiger charge is -2.15. The number of hydrogen-bond acceptors (Lipinski definition) is 3. The number of amides is 1. The maximum atomic E-state index is 11.3. The van der Waals surface area contributed by atoms with Crippen molar-refractivity contribution in [3.05, 3.63) is 23.9 Å². The van der Waals surface area contributed by atoms with Crippen molar-refractivity contribution < 1.29 is 9.53 Å². The molecule has 0 bridgehead atoms. The number of aromatic nitrogens is 1. The molecule has 88 valence electrons. The van der Waals surface area contributed by atoms with Crippen LogP contribution in [0.1, 0.15) is 18.9 Å². The van der Waals surface area contributed by atoms with E-state index in [0.29, 0.717) is 12.3 Å². The highest BCUT2D eigenvalue weighted by atomic mass is 16.5. The number of rotatable bonds is 5. The van der Waals surface area contributed by atoms with Gasteiger partial charge in [0.15, 0.2) is 0 Å². The number of nitrogens with zero attached hydrogens (tertiary/aromatic N) is 2. The van der Waals surface area contributed by atoms with Gasteiger partial charge in [-0.25, -0.2) is 4.98 Å². The van der Waals surface area contributed by atoms with E-state index >= 15 is 0 Å². The van der Waals surface area contributed by atoms with Gasteiger partial charge < -0.3 is 9.64 Å². The van der Waals surface area contributed by atoms with E-state index in [-0.39, 0.29) is 5.91 Å². The molecule has 0 saturated heterocycles. The van der Waals surface area contributed by atoms with E-state index in [9.17, 15) is 4.79 Å². The van der Waals surface area contributed by atoms with E-state index < -0.39 is 0 Å². The molecule has 0 aromatic carbocycles. The van der Waals surface area contributed by atoms with Gasteiger partial charge in [-0.2, -0.15) is 0 Å². The monoisotopic (exact) mass is 222 g/mol. The van der Waals surface area contributed by atoms with E-state index in [0.717, 1.165) is 18.5 Å². The number of hydrogen-bond donors (Lipinski definition) is 0. The third kappa shape index (κ3) is 3.53. The lowest BCUT2D eigenvalue weighted by molar-refractivity contribution is -0.129. The number of methoxy groups -OCH3 is 1. The SMILES string of the molecule is CCC(=O)N(C)CCc1ccc(OC)nc1. The maximum Gasteiger partial charge on any atom is 0.222 e. The van der Waals surface area contributed by atoms with Crippen LogP contribution in [0.4, 0.5) is 0 Å². The van der Waals surface area contributed by atoms with Crippen LogP contribution < -0.4 is 4.74 Å². The summed E-state index contributed by atoms with van der Waals surface area (Å²) < 4.78 is 4.97. The predicted octanol–water partition coefficient (Wildman–Crippen LogP) is 1.50. The van der Waals surface area contributed by atoms with Gasteiger partial charge in [-0.3, -0.25) is 4.79 Å². The second-order valence-electron chi connectivity index (χ2n) is 3.63. The molecule has 16 heavy (non-hydrogen) atoms. The molecule has 0 saturated carbocycles. The van der Waals surface area contributed by atoms with Crippen LogP contribution >= 0.6 is 0 Å². The number of carbonyl (C=O) groups is 1. The first-order valence-electron chi connectivity index (χ1n) is 5.40. The average molecular weight is 222 g/mol. The normalized spacial score (nSPS) is 9.94. The zero-order chi connectivity index (χ0) is 12.0. The zero-order valence-electron chi connectivity index (χ0n) is 10.1. The second-order valence-corrected chi connectivity index (χ2v) is 3.63. The van der Waals surface area contributed by atoms with Crippen molar-refractivity contribution in [3.63, 3.8) is 0 Å². The van der Waals surface area contributed by atoms with Gasteiger partial charge in [0.05, 0.1) is 7.11 Å².